The number of hydrogen-bond donors (Lipinski definition) is 2. The predicted octanol–water partition coefficient (Wildman–Crippen LogP) is 1.95. The van der Waals surface area contributed by atoms with E-state index < -0.39 is 6.09 Å². The van der Waals surface area contributed by atoms with E-state index in [9.17, 15) is 4.79 Å². The summed E-state index contributed by atoms with van der Waals surface area (Å²) in [6.45, 7) is 4.34. The van der Waals surface area contributed by atoms with Gasteiger partial charge < -0.3 is 20.3 Å². The van der Waals surface area contributed by atoms with Crippen LogP contribution in [0.15, 0.2) is 30.7 Å². The van der Waals surface area contributed by atoms with Crippen LogP contribution in [0.2, 0.25) is 0 Å². The van der Waals surface area contributed by atoms with Crippen molar-refractivity contribution in [2.45, 2.75) is 25.9 Å². The van der Waals surface area contributed by atoms with Gasteiger partial charge in [-0.3, -0.25) is 4.90 Å². The van der Waals surface area contributed by atoms with Gasteiger partial charge in [-0.2, -0.15) is 0 Å². The molecule has 1 aromatic carbocycles. The quantitative estimate of drug-likeness (QED) is 0.837. The Morgan fingerprint density at radius 1 is 1.46 bits per heavy atom. The number of nitrogens with zero attached hydrogens (tertiary/aromatic N) is 4. The summed E-state index contributed by atoms with van der Waals surface area (Å²) in [6.07, 6.45) is 3.73. The summed E-state index contributed by atoms with van der Waals surface area (Å²) in [4.78, 5) is 19.0. The van der Waals surface area contributed by atoms with E-state index in [1.54, 1.807) is 13.4 Å². The van der Waals surface area contributed by atoms with Crippen LogP contribution in [-0.2, 0) is 6.54 Å². The van der Waals surface area contributed by atoms with Gasteiger partial charge in [-0.1, -0.05) is 0 Å². The molecule has 7 heteroatoms. The van der Waals surface area contributed by atoms with E-state index in [1.807, 2.05) is 29.8 Å². The normalized spacial score (nSPS) is 18.0. The number of benzene rings is 1. The van der Waals surface area contributed by atoms with E-state index >= 15 is 0 Å². The number of aryl methyl sites for hydroxylation is 1. The van der Waals surface area contributed by atoms with Gasteiger partial charge in [-0.05, 0) is 37.1 Å². The van der Waals surface area contributed by atoms with Gasteiger partial charge in [0.2, 0.25) is 0 Å². The van der Waals surface area contributed by atoms with E-state index in [4.69, 9.17) is 10.8 Å². The second kappa shape index (κ2) is 6.52. The molecule has 1 aliphatic heterocycles. The predicted molar refractivity (Wildman–Crippen MR) is 92.2 cm³/mol. The Balaban J connectivity index is 1.72. The van der Waals surface area contributed by atoms with Gasteiger partial charge in [0.05, 0.1) is 12.0 Å². The van der Waals surface area contributed by atoms with Gasteiger partial charge in [0.25, 0.3) is 0 Å². The Hall–Kier alpha value is -2.54. The van der Waals surface area contributed by atoms with Crippen LogP contribution in [0.5, 0.6) is 0 Å². The number of rotatable bonds is 4. The SMILES string of the molecule is Cc1cn(-c2cc(N)cc(CN3CCC(N(C)C(=O)O)C3)c2)cn1. The molecule has 2 aromatic rings. The summed E-state index contributed by atoms with van der Waals surface area (Å²) in [6, 6.07) is 6.06. The van der Waals surface area contributed by atoms with E-state index in [-0.39, 0.29) is 6.04 Å². The number of carbonyl (C=O) groups is 1. The average Bonchev–Trinajstić information content (AvgIpc) is 3.15. The third kappa shape index (κ3) is 3.51. The molecule has 0 bridgehead atoms. The monoisotopic (exact) mass is 329 g/mol. The minimum atomic E-state index is -0.872. The molecule has 1 amide bonds. The Bertz CT molecular complexity index is 742. The molecule has 2 heterocycles. The highest BCUT2D eigenvalue weighted by atomic mass is 16.4. The minimum absolute atomic E-state index is 0.0549. The molecule has 128 valence electrons. The highest BCUT2D eigenvalue weighted by Crippen LogP contribution is 2.21. The fourth-order valence-electron chi connectivity index (χ4n) is 3.19. The van der Waals surface area contributed by atoms with Crippen molar-refractivity contribution in [3.63, 3.8) is 0 Å². The van der Waals surface area contributed by atoms with Gasteiger partial charge in [0.1, 0.15) is 0 Å². The molecular weight excluding hydrogens is 306 g/mol. The lowest BCUT2D eigenvalue weighted by Crippen LogP contribution is -2.37. The van der Waals surface area contributed by atoms with E-state index in [2.05, 4.69) is 16.0 Å². The standard InChI is InChI=1S/C17H23N5O2/c1-12-8-22(11-19-12)16-6-13(5-14(18)7-16)9-21-4-3-15(10-21)20(2)17(23)24/h5-8,11,15H,3-4,9-10,18H2,1-2H3,(H,23,24). The number of likely N-dealkylation sites (tertiary alicyclic amines) is 1. The number of likely N-dealkylation sites (N-methyl/N-ethyl adjacent to an activating group) is 1. The lowest BCUT2D eigenvalue weighted by Gasteiger charge is -2.22. The first kappa shape index (κ1) is 16.3. The van der Waals surface area contributed by atoms with Crippen LogP contribution in [0.25, 0.3) is 5.69 Å². The number of anilines is 1. The zero-order valence-electron chi connectivity index (χ0n) is 14.0. The fourth-order valence-corrected chi connectivity index (χ4v) is 3.19. The molecule has 0 saturated carbocycles. The zero-order valence-corrected chi connectivity index (χ0v) is 14.0. The molecule has 3 rings (SSSR count). The van der Waals surface area contributed by atoms with Gasteiger partial charge >= 0.3 is 6.09 Å². The Kier molecular flexibility index (Phi) is 4.44. The molecule has 24 heavy (non-hydrogen) atoms. The molecule has 1 atom stereocenters. The van der Waals surface area contributed by atoms with E-state index in [1.165, 1.54) is 4.90 Å². The van der Waals surface area contributed by atoms with Crippen LogP contribution in [0, 0.1) is 6.92 Å². The van der Waals surface area contributed by atoms with Crippen molar-refractivity contribution < 1.29 is 9.90 Å². The summed E-state index contributed by atoms with van der Waals surface area (Å²) in [5, 5.41) is 9.10. The van der Waals surface area contributed by atoms with Crippen LogP contribution >= 0.6 is 0 Å². The van der Waals surface area contributed by atoms with Gasteiger partial charge in [-0.15, -0.1) is 0 Å². The molecule has 0 radical (unpaired) electrons. The molecule has 1 aliphatic rings. The van der Waals surface area contributed by atoms with Crippen LogP contribution in [0.1, 0.15) is 17.7 Å². The van der Waals surface area contributed by atoms with Crippen molar-refractivity contribution in [3.8, 4) is 5.69 Å². The molecule has 1 fully saturated rings. The Morgan fingerprint density at radius 2 is 2.25 bits per heavy atom. The summed E-state index contributed by atoms with van der Waals surface area (Å²) in [5.41, 5.74) is 9.84. The maximum Gasteiger partial charge on any atom is 0.407 e. The number of nitrogen functional groups attached to an aromatic ring is 1. The maximum absolute atomic E-state index is 11.1. The van der Waals surface area contributed by atoms with Crippen molar-refractivity contribution >= 4 is 11.8 Å². The molecule has 3 N–H and O–H groups in total. The topological polar surface area (TPSA) is 87.6 Å². The molecule has 1 saturated heterocycles. The van der Waals surface area contributed by atoms with Crippen LogP contribution < -0.4 is 5.73 Å². The smallest absolute Gasteiger partial charge is 0.407 e. The highest BCUT2D eigenvalue weighted by Gasteiger charge is 2.28. The van der Waals surface area contributed by atoms with Crippen molar-refractivity contribution in [3.05, 3.63) is 42.0 Å². The van der Waals surface area contributed by atoms with Crippen molar-refractivity contribution in [2.75, 3.05) is 25.9 Å². The Morgan fingerprint density at radius 3 is 2.92 bits per heavy atom. The summed E-state index contributed by atoms with van der Waals surface area (Å²) in [7, 11) is 1.64. The average molecular weight is 329 g/mol. The van der Waals surface area contributed by atoms with Crippen LogP contribution in [-0.4, -0.2) is 56.7 Å². The third-order valence-electron chi connectivity index (χ3n) is 4.51. The first-order valence-electron chi connectivity index (χ1n) is 8.01. The molecular formula is C17H23N5O2. The molecule has 7 nitrogen and oxygen atoms in total. The molecule has 0 aliphatic carbocycles. The number of nitrogens with two attached hydrogens (primary N) is 1. The second-order valence-electron chi connectivity index (χ2n) is 6.43. The Labute approximate surface area is 141 Å². The molecule has 0 spiro atoms. The van der Waals surface area contributed by atoms with Gasteiger partial charge in [-0.25, -0.2) is 9.78 Å². The molecule has 1 aromatic heterocycles. The van der Waals surface area contributed by atoms with Crippen molar-refractivity contribution in [1.82, 2.24) is 19.4 Å². The third-order valence-corrected chi connectivity index (χ3v) is 4.51. The number of carboxylic acid groups (broad SMARTS) is 1. The highest BCUT2D eigenvalue weighted by molar-refractivity contribution is 5.65. The zero-order chi connectivity index (χ0) is 17.3. The lowest BCUT2D eigenvalue weighted by atomic mass is 10.1. The van der Waals surface area contributed by atoms with E-state index in [0.717, 1.165) is 43.0 Å². The number of hydrogen-bond acceptors (Lipinski definition) is 4. The first-order valence-corrected chi connectivity index (χ1v) is 8.01. The van der Waals surface area contributed by atoms with Gasteiger partial charge in [0, 0.05) is 50.3 Å². The number of amides is 1. The summed E-state index contributed by atoms with van der Waals surface area (Å²) < 4.78 is 1.96. The maximum atomic E-state index is 11.1. The minimum Gasteiger partial charge on any atom is -0.465 e. The fraction of sp³-hybridized carbons (Fsp3) is 0.412. The van der Waals surface area contributed by atoms with Crippen LogP contribution in [0.3, 0.4) is 0 Å². The summed E-state index contributed by atoms with van der Waals surface area (Å²) >= 11 is 0. The largest absolute Gasteiger partial charge is 0.465 e. The number of imidazole rings is 1. The number of aromatic nitrogens is 2. The van der Waals surface area contributed by atoms with Gasteiger partial charge in [0.15, 0.2) is 0 Å². The molecule has 1 unspecified atom stereocenters. The van der Waals surface area contributed by atoms with Crippen molar-refractivity contribution in [1.29, 1.82) is 0 Å². The summed E-state index contributed by atoms with van der Waals surface area (Å²) in [5.74, 6) is 0. The van der Waals surface area contributed by atoms with Crippen molar-refractivity contribution in [2.24, 2.45) is 0 Å². The van der Waals surface area contributed by atoms with E-state index in [0.29, 0.717) is 5.69 Å². The lowest BCUT2D eigenvalue weighted by molar-refractivity contribution is 0.138. The first-order chi connectivity index (χ1) is 11.4. The second-order valence-corrected chi connectivity index (χ2v) is 6.43. The van der Waals surface area contributed by atoms with Crippen LogP contribution in [0.4, 0.5) is 10.5 Å².